The fourth-order valence-electron chi connectivity index (χ4n) is 9.41. The van der Waals surface area contributed by atoms with Crippen LogP contribution in [-0.4, -0.2) is 20.3 Å². The summed E-state index contributed by atoms with van der Waals surface area (Å²) in [6.07, 6.45) is 14.2. The van der Waals surface area contributed by atoms with Crippen molar-refractivity contribution in [2.24, 2.45) is 22.2 Å². The molecule has 3 nitrogen and oxygen atoms in total. The van der Waals surface area contributed by atoms with Crippen LogP contribution in [0.4, 0.5) is 0 Å². The average Bonchev–Trinajstić information content (AvgIpc) is 3.10. The lowest BCUT2D eigenvalue weighted by Crippen LogP contribution is -2.50. The first kappa shape index (κ1) is 19.1. The molecule has 0 N–H and O–H groups in total. The number of methoxy groups -OCH3 is 1. The summed E-state index contributed by atoms with van der Waals surface area (Å²) < 4.78 is 18.2. The van der Waals surface area contributed by atoms with E-state index in [1.54, 1.807) is 7.11 Å². The summed E-state index contributed by atoms with van der Waals surface area (Å²) in [6.45, 7) is 10.5. The van der Waals surface area contributed by atoms with Gasteiger partial charge >= 0.3 is 0 Å². The van der Waals surface area contributed by atoms with E-state index < -0.39 is 0 Å². The van der Waals surface area contributed by atoms with Gasteiger partial charge in [-0.15, -0.1) is 0 Å². The van der Waals surface area contributed by atoms with Crippen LogP contribution in [0.25, 0.3) is 6.08 Å². The zero-order valence-electron chi connectivity index (χ0n) is 18.9. The SMILES string of the molecule is C=Cc1c2c(OC)c(c3c1[C@H]1CC[C@]4(C)C5(CC)CCC4(CC5)[C@@H]1CC3)OCCO2. The molecule has 3 fully saturated rings. The lowest BCUT2D eigenvalue weighted by atomic mass is 9.46. The largest absolute Gasteiger partial charge is 0.490 e. The summed E-state index contributed by atoms with van der Waals surface area (Å²) in [5.41, 5.74) is 5.72. The minimum atomic E-state index is 0.529. The van der Waals surface area contributed by atoms with Crippen LogP contribution < -0.4 is 14.2 Å². The Morgan fingerprint density at radius 1 is 1.07 bits per heavy atom. The van der Waals surface area contributed by atoms with Gasteiger partial charge in [-0.2, -0.15) is 0 Å². The first-order valence-corrected chi connectivity index (χ1v) is 12.2. The van der Waals surface area contributed by atoms with Crippen molar-refractivity contribution in [3.05, 3.63) is 23.3 Å². The van der Waals surface area contributed by atoms with Gasteiger partial charge in [0.25, 0.3) is 0 Å². The van der Waals surface area contributed by atoms with Gasteiger partial charge in [0.05, 0.1) is 7.11 Å². The highest BCUT2D eigenvalue weighted by atomic mass is 16.6. The molecule has 3 heteroatoms. The van der Waals surface area contributed by atoms with Crippen molar-refractivity contribution in [1.82, 2.24) is 0 Å². The number of benzene rings is 1. The molecule has 0 saturated heterocycles. The van der Waals surface area contributed by atoms with Gasteiger partial charge in [-0.3, -0.25) is 0 Å². The maximum absolute atomic E-state index is 6.22. The molecule has 1 aromatic rings. The van der Waals surface area contributed by atoms with E-state index in [0.29, 0.717) is 35.4 Å². The second-order valence-corrected chi connectivity index (χ2v) is 10.8. The number of hydrogen-bond acceptors (Lipinski definition) is 3. The highest BCUT2D eigenvalue weighted by molar-refractivity contribution is 5.74. The first-order valence-electron chi connectivity index (χ1n) is 12.2. The third kappa shape index (κ3) is 1.95. The number of ether oxygens (including phenoxy) is 3. The number of rotatable bonds is 3. The van der Waals surface area contributed by atoms with Crippen LogP contribution in [0.5, 0.6) is 17.2 Å². The third-order valence-corrected chi connectivity index (χ3v) is 10.8. The Labute approximate surface area is 181 Å². The van der Waals surface area contributed by atoms with Gasteiger partial charge < -0.3 is 14.2 Å². The zero-order valence-corrected chi connectivity index (χ0v) is 18.9. The summed E-state index contributed by atoms with van der Waals surface area (Å²) >= 11 is 0. The Morgan fingerprint density at radius 2 is 1.80 bits per heavy atom. The second-order valence-electron chi connectivity index (χ2n) is 10.8. The summed E-state index contributed by atoms with van der Waals surface area (Å²) in [7, 11) is 1.73. The Balaban J connectivity index is 1.53. The molecule has 1 heterocycles. The minimum Gasteiger partial charge on any atom is -0.490 e. The van der Waals surface area contributed by atoms with Crippen molar-refractivity contribution in [3.8, 4) is 17.2 Å². The number of fused-ring (bicyclic) bond motifs is 6. The lowest BCUT2D eigenvalue weighted by Gasteiger charge is -2.58. The standard InChI is InChI=1S/C27H36O3/c1-5-17-21-18-9-10-25(3)26(6-2)11-13-27(25,14-12-26)20(18)8-7-19(21)23-24(28-4)22(17)29-15-16-30-23/h5,18,20H,1,6-16H2,2-4H3/t18-,20+,25+,26?,27?/m0/s1. The van der Waals surface area contributed by atoms with Crippen LogP contribution in [0.1, 0.15) is 87.8 Å². The van der Waals surface area contributed by atoms with Crippen molar-refractivity contribution in [2.75, 3.05) is 20.3 Å². The van der Waals surface area contributed by atoms with Gasteiger partial charge in [0, 0.05) is 11.1 Å². The Kier molecular flexibility index (Phi) is 3.94. The van der Waals surface area contributed by atoms with Crippen molar-refractivity contribution >= 4 is 6.08 Å². The monoisotopic (exact) mass is 408 g/mol. The molecule has 30 heavy (non-hydrogen) atoms. The van der Waals surface area contributed by atoms with E-state index in [-0.39, 0.29) is 0 Å². The first-order chi connectivity index (χ1) is 14.6. The Bertz CT molecular complexity index is 907. The van der Waals surface area contributed by atoms with Gasteiger partial charge in [0.2, 0.25) is 5.75 Å². The Hall–Kier alpha value is -1.64. The lowest BCUT2D eigenvalue weighted by molar-refractivity contribution is -0.0575. The van der Waals surface area contributed by atoms with E-state index in [4.69, 9.17) is 14.2 Å². The van der Waals surface area contributed by atoms with E-state index in [1.165, 1.54) is 68.1 Å². The van der Waals surface area contributed by atoms with Crippen LogP contribution in [0.15, 0.2) is 6.58 Å². The smallest absolute Gasteiger partial charge is 0.204 e. The highest BCUT2D eigenvalue weighted by Gasteiger charge is 2.72. The molecule has 5 aliphatic rings. The minimum absolute atomic E-state index is 0.529. The van der Waals surface area contributed by atoms with Crippen LogP contribution >= 0.6 is 0 Å². The molecular weight excluding hydrogens is 372 g/mol. The molecule has 162 valence electrons. The summed E-state index contributed by atoms with van der Waals surface area (Å²) in [5.74, 6) is 3.99. The van der Waals surface area contributed by atoms with Gasteiger partial charge in [-0.1, -0.05) is 26.5 Å². The van der Waals surface area contributed by atoms with Crippen LogP contribution in [-0.2, 0) is 6.42 Å². The van der Waals surface area contributed by atoms with Crippen LogP contribution in [0.3, 0.4) is 0 Å². The predicted octanol–water partition coefficient (Wildman–Crippen LogP) is 6.53. The van der Waals surface area contributed by atoms with E-state index in [0.717, 1.165) is 29.6 Å². The van der Waals surface area contributed by atoms with E-state index in [2.05, 4.69) is 20.4 Å². The fraction of sp³-hybridized carbons (Fsp3) is 0.704. The van der Waals surface area contributed by atoms with E-state index in [1.807, 2.05) is 6.08 Å². The van der Waals surface area contributed by atoms with Gasteiger partial charge in [-0.25, -0.2) is 0 Å². The van der Waals surface area contributed by atoms with Crippen molar-refractivity contribution in [1.29, 1.82) is 0 Å². The summed E-state index contributed by atoms with van der Waals surface area (Å²) in [5, 5.41) is 0. The third-order valence-electron chi connectivity index (χ3n) is 10.8. The fourth-order valence-corrected chi connectivity index (χ4v) is 9.41. The molecule has 0 aromatic heterocycles. The molecule has 6 rings (SSSR count). The molecule has 3 saturated carbocycles. The van der Waals surface area contributed by atoms with Gasteiger partial charge in [0.15, 0.2) is 11.5 Å². The average molecular weight is 409 g/mol. The maximum atomic E-state index is 6.22. The molecule has 1 aliphatic heterocycles. The number of hydrogen-bond donors (Lipinski definition) is 0. The summed E-state index contributed by atoms with van der Waals surface area (Å²) in [4.78, 5) is 0. The van der Waals surface area contributed by atoms with Gasteiger partial charge in [-0.05, 0) is 91.4 Å². The molecule has 4 aliphatic carbocycles. The van der Waals surface area contributed by atoms with Crippen molar-refractivity contribution < 1.29 is 14.2 Å². The quantitative estimate of drug-likeness (QED) is 0.569. The summed E-state index contributed by atoms with van der Waals surface area (Å²) in [6, 6.07) is 0. The van der Waals surface area contributed by atoms with Gasteiger partial charge in [0.1, 0.15) is 13.2 Å². The van der Waals surface area contributed by atoms with Crippen LogP contribution in [0.2, 0.25) is 0 Å². The second kappa shape index (κ2) is 6.20. The molecule has 0 amide bonds. The maximum Gasteiger partial charge on any atom is 0.204 e. The molecule has 0 spiro atoms. The molecule has 4 bridgehead atoms. The molecular formula is C27H36O3. The van der Waals surface area contributed by atoms with E-state index >= 15 is 0 Å². The predicted molar refractivity (Wildman–Crippen MR) is 120 cm³/mol. The van der Waals surface area contributed by atoms with E-state index in [9.17, 15) is 0 Å². The molecule has 1 aromatic carbocycles. The van der Waals surface area contributed by atoms with Crippen LogP contribution in [0, 0.1) is 22.2 Å². The molecule has 0 radical (unpaired) electrons. The normalized spacial score (nSPS) is 40.4. The molecule has 3 atom stereocenters. The molecule has 0 unspecified atom stereocenters. The topological polar surface area (TPSA) is 27.7 Å². The van der Waals surface area contributed by atoms with Crippen molar-refractivity contribution in [2.45, 2.75) is 77.6 Å². The highest BCUT2D eigenvalue weighted by Crippen LogP contribution is 2.81. The van der Waals surface area contributed by atoms with Crippen molar-refractivity contribution in [3.63, 3.8) is 0 Å². The Morgan fingerprint density at radius 3 is 2.47 bits per heavy atom. The zero-order chi connectivity index (χ0) is 20.7.